The van der Waals surface area contributed by atoms with Gasteiger partial charge in [0.05, 0.1) is 18.8 Å². The third-order valence-electron chi connectivity index (χ3n) is 4.45. The van der Waals surface area contributed by atoms with Gasteiger partial charge in [-0.3, -0.25) is 4.79 Å². The fourth-order valence-electron chi connectivity index (χ4n) is 3.48. The zero-order chi connectivity index (χ0) is 11.4. The molecular formula is C11H16O5. The molecule has 2 aliphatic heterocycles. The second-order valence-electron chi connectivity index (χ2n) is 5.35. The quantitative estimate of drug-likeness (QED) is 0.597. The van der Waals surface area contributed by atoms with E-state index in [4.69, 9.17) is 9.47 Å². The summed E-state index contributed by atoms with van der Waals surface area (Å²) < 4.78 is 10.7. The summed E-state index contributed by atoms with van der Waals surface area (Å²) in [5.74, 6) is -0.320. The molecule has 1 saturated carbocycles. The lowest BCUT2D eigenvalue weighted by Crippen LogP contribution is -2.65. The Hall–Kier alpha value is -0.650. The summed E-state index contributed by atoms with van der Waals surface area (Å²) in [6.45, 7) is 0.0686. The molecule has 5 heteroatoms. The van der Waals surface area contributed by atoms with Gasteiger partial charge in [0, 0.05) is 0 Å². The normalized spacial score (nSPS) is 51.0. The van der Waals surface area contributed by atoms with Crippen molar-refractivity contribution >= 4 is 5.97 Å². The molecule has 16 heavy (non-hydrogen) atoms. The molecule has 0 aromatic rings. The highest BCUT2D eigenvalue weighted by atomic mass is 16.6. The van der Waals surface area contributed by atoms with Crippen molar-refractivity contribution in [2.45, 2.75) is 36.9 Å². The lowest BCUT2D eigenvalue weighted by Gasteiger charge is -2.53. The van der Waals surface area contributed by atoms with Crippen LogP contribution in [-0.2, 0) is 14.3 Å². The van der Waals surface area contributed by atoms with E-state index >= 15 is 0 Å². The van der Waals surface area contributed by atoms with Crippen molar-refractivity contribution in [2.75, 3.05) is 19.8 Å². The predicted molar refractivity (Wildman–Crippen MR) is 52.6 cm³/mol. The smallest absolute Gasteiger partial charge is 0.315 e. The van der Waals surface area contributed by atoms with E-state index in [0.717, 1.165) is 6.42 Å². The van der Waals surface area contributed by atoms with E-state index < -0.39 is 16.6 Å². The second-order valence-corrected chi connectivity index (χ2v) is 5.35. The fraction of sp³-hybridized carbons (Fsp3) is 0.909. The first kappa shape index (κ1) is 10.5. The van der Waals surface area contributed by atoms with Crippen LogP contribution in [0, 0.1) is 5.41 Å². The zero-order valence-electron chi connectivity index (χ0n) is 9.07. The molecule has 2 heterocycles. The lowest BCUT2D eigenvalue weighted by atomic mass is 9.59. The van der Waals surface area contributed by atoms with Crippen molar-refractivity contribution in [3.63, 3.8) is 0 Å². The third-order valence-corrected chi connectivity index (χ3v) is 4.45. The summed E-state index contributed by atoms with van der Waals surface area (Å²) in [7, 11) is 0. The highest BCUT2D eigenvalue weighted by Gasteiger charge is 2.69. The van der Waals surface area contributed by atoms with Crippen molar-refractivity contribution in [1.82, 2.24) is 0 Å². The Morgan fingerprint density at radius 2 is 2.12 bits per heavy atom. The number of aliphatic hydroxyl groups excluding tert-OH is 1. The van der Waals surface area contributed by atoms with Crippen LogP contribution in [0.5, 0.6) is 0 Å². The Morgan fingerprint density at radius 1 is 1.31 bits per heavy atom. The van der Waals surface area contributed by atoms with Crippen LogP contribution >= 0.6 is 0 Å². The molecule has 0 radical (unpaired) electrons. The van der Waals surface area contributed by atoms with E-state index in [1.165, 1.54) is 0 Å². The van der Waals surface area contributed by atoms with E-state index in [2.05, 4.69) is 0 Å². The monoisotopic (exact) mass is 228 g/mol. The standard InChI is InChI=1S/C11H16O5/c12-5-11-7-15-8(13)10(11)3-1-2-9(14,4-10)6-16-11/h12,14H,1-7H2. The van der Waals surface area contributed by atoms with E-state index in [1.54, 1.807) is 0 Å². The lowest BCUT2D eigenvalue weighted by molar-refractivity contribution is -0.248. The minimum absolute atomic E-state index is 0.110. The summed E-state index contributed by atoms with van der Waals surface area (Å²) in [4.78, 5) is 11.9. The van der Waals surface area contributed by atoms with Crippen molar-refractivity contribution in [2.24, 2.45) is 5.41 Å². The highest BCUT2D eigenvalue weighted by molar-refractivity contribution is 5.81. The van der Waals surface area contributed by atoms with E-state index in [0.29, 0.717) is 19.3 Å². The highest BCUT2D eigenvalue weighted by Crippen LogP contribution is 2.57. The van der Waals surface area contributed by atoms with Crippen LogP contribution in [0.1, 0.15) is 25.7 Å². The predicted octanol–water partition coefficient (Wildman–Crippen LogP) is -0.404. The summed E-state index contributed by atoms with van der Waals surface area (Å²) >= 11 is 0. The number of ether oxygens (including phenoxy) is 2. The molecule has 0 aromatic carbocycles. The molecule has 5 nitrogen and oxygen atoms in total. The number of carbonyl (C=O) groups excluding carboxylic acids is 1. The maximum absolute atomic E-state index is 11.9. The first-order valence-electron chi connectivity index (χ1n) is 5.70. The topological polar surface area (TPSA) is 76.0 Å². The van der Waals surface area contributed by atoms with Gasteiger partial charge in [-0.15, -0.1) is 0 Å². The van der Waals surface area contributed by atoms with Crippen molar-refractivity contribution in [1.29, 1.82) is 0 Å². The van der Waals surface area contributed by atoms with Gasteiger partial charge in [-0.1, -0.05) is 0 Å². The largest absolute Gasteiger partial charge is 0.462 e. The first-order valence-corrected chi connectivity index (χ1v) is 5.70. The van der Waals surface area contributed by atoms with Gasteiger partial charge in [0.2, 0.25) is 0 Å². The summed E-state index contributed by atoms with van der Waals surface area (Å²) in [5, 5.41) is 19.8. The first-order chi connectivity index (χ1) is 7.56. The molecule has 0 amide bonds. The minimum Gasteiger partial charge on any atom is -0.462 e. The maximum atomic E-state index is 11.9. The Morgan fingerprint density at radius 3 is 2.88 bits per heavy atom. The van der Waals surface area contributed by atoms with Gasteiger partial charge < -0.3 is 19.7 Å². The molecule has 3 unspecified atom stereocenters. The van der Waals surface area contributed by atoms with Gasteiger partial charge in [0.1, 0.15) is 17.6 Å². The molecule has 3 aliphatic rings. The SMILES string of the molecule is O=C1OCC2(CO)OCC3(O)CCCC12C3. The molecule has 2 N–H and O–H groups in total. The summed E-state index contributed by atoms with van der Waals surface area (Å²) in [6.07, 6.45) is 2.42. The molecule has 3 fully saturated rings. The number of hydrogen-bond acceptors (Lipinski definition) is 5. The Bertz CT molecular complexity index is 343. The molecule has 3 rings (SSSR count). The van der Waals surface area contributed by atoms with Crippen LogP contribution in [0.4, 0.5) is 0 Å². The molecular weight excluding hydrogens is 212 g/mol. The van der Waals surface area contributed by atoms with Gasteiger partial charge in [-0.2, -0.15) is 0 Å². The van der Waals surface area contributed by atoms with Gasteiger partial charge in [0.15, 0.2) is 0 Å². The van der Waals surface area contributed by atoms with Gasteiger partial charge >= 0.3 is 5.97 Å². The fourth-order valence-corrected chi connectivity index (χ4v) is 3.48. The van der Waals surface area contributed by atoms with Crippen LogP contribution in [0.3, 0.4) is 0 Å². The average molecular weight is 228 g/mol. The van der Waals surface area contributed by atoms with E-state index in [9.17, 15) is 15.0 Å². The summed E-state index contributed by atoms with van der Waals surface area (Å²) in [6, 6.07) is 0. The van der Waals surface area contributed by atoms with Crippen molar-refractivity contribution in [3.8, 4) is 0 Å². The van der Waals surface area contributed by atoms with Gasteiger partial charge in [-0.25, -0.2) is 0 Å². The summed E-state index contributed by atoms with van der Waals surface area (Å²) in [5.41, 5.74) is -2.66. The van der Waals surface area contributed by atoms with Crippen LogP contribution in [-0.4, -0.2) is 47.2 Å². The number of esters is 1. The average Bonchev–Trinajstić information content (AvgIpc) is 2.52. The van der Waals surface area contributed by atoms with E-state index in [-0.39, 0.29) is 25.8 Å². The number of hydrogen-bond donors (Lipinski definition) is 2. The Labute approximate surface area is 93.3 Å². The molecule has 3 atom stereocenters. The van der Waals surface area contributed by atoms with Crippen LogP contribution in [0.15, 0.2) is 0 Å². The van der Waals surface area contributed by atoms with Gasteiger partial charge in [-0.05, 0) is 25.7 Å². The number of cyclic esters (lactones) is 1. The zero-order valence-corrected chi connectivity index (χ0v) is 9.07. The molecule has 90 valence electrons. The number of rotatable bonds is 1. The molecule has 0 aromatic heterocycles. The third kappa shape index (κ3) is 1.04. The number of carbonyl (C=O) groups is 1. The van der Waals surface area contributed by atoms with E-state index in [1.807, 2.05) is 0 Å². The molecule has 1 aliphatic carbocycles. The van der Waals surface area contributed by atoms with Crippen LogP contribution < -0.4 is 0 Å². The second kappa shape index (κ2) is 2.97. The maximum Gasteiger partial charge on any atom is 0.315 e. The number of fused-ring (bicyclic) bond motifs is 1. The molecule has 2 saturated heterocycles. The Kier molecular flexibility index (Phi) is 1.95. The van der Waals surface area contributed by atoms with Crippen molar-refractivity contribution in [3.05, 3.63) is 0 Å². The van der Waals surface area contributed by atoms with Crippen molar-refractivity contribution < 1.29 is 24.5 Å². The number of aliphatic hydroxyl groups is 2. The van der Waals surface area contributed by atoms with Crippen LogP contribution in [0.25, 0.3) is 0 Å². The van der Waals surface area contributed by atoms with Crippen LogP contribution in [0.2, 0.25) is 0 Å². The Balaban J connectivity index is 2.06. The minimum atomic E-state index is -0.920. The molecule has 2 bridgehead atoms. The van der Waals surface area contributed by atoms with Gasteiger partial charge in [0.25, 0.3) is 0 Å². The molecule has 1 spiro atoms.